The van der Waals surface area contributed by atoms with Crippen LogP contribution in [-0.2, 0) is 4.74 Å². The zero-order chi connectivity index (χ0) is 13.2. The van der Waals surface area contributed by atoms with Gasteiger partial charge in [-0.25, -0.2) is 4.79 Å². The molecule has 0 aromatic rings. The number of ether oxygens (including phenoxy) is 1. The van der Waals surface area contributed by atoms with Crippen LogP contribution in [0.15, 0.2) is 0 Å². The van der Waals surface area contributed by atoms with Gasteiger partial charge in [-0.2, -0.15) is 0 Å². The Balaban J connectivity index is 2.17. The van der Waals surface area contributed by atoms with Crippen LogP contribution in [0.2, 0.25) is 0 Å². The highest BCUT2D eigenvalue weighted by Gasteiger charge is 2.15. The highest BCUT2D eigenvalue weighted by molar-refractivity contribution is 5.74. The molecule has 5 nitrogen and oxygen atoms in total. The molecule has 2 N–H and O–H groups in total. The maximum atomic E-state index is 11.8. The number of aliphatic hydroxyl groups excluding tert-OH is 1. The summed E-state index contributed by atoms with van der Waals surface area (Å²) in [6.45, 7) is 4.62. The Labute approximate surface area is 109 Å². The van der Waals surface area contributed by atoms with Crippen molar-refractivity contribution in [1.29, 1.82) is 0 Å². The molecule has 1 fully saturated rings. The number of hydrogen-bond donors (Lipinski definition) is 2. The first-order valence-electron chi connectivity index (χ1n) is 7.03. The average Bonchev–Trinajstić information content (AvgIpc) is 2.39. The summed E-state index contributed by atoms with van der Waals surface area (Å²) in [5.41, 5.74) is 0. The molecule has 0 spiro atoms. The van der Waals surface area contributed by atoms with E-state index < -0.39 is 0 Å². The van der Waals surface area contributed by atoms with E-state index in [2.05, 4.69) is 5.32 Å². The third-order valence-corrected chi connectivity index (χ3v) is 3.17. The zero-order valence-corrected chi connectivity index (χ0v) is 11.4. The van der Waals surface area contributed by atoms with Crippen molar-refractivity contribution < 1.29 is 14.6 Å². The summed E-state index contributed by atoms with van der Waals surface area (Å²) in [4.78, 5) is 13.5. The van der Waals surface area contributed by atoms with Crippen LogP contribution in [0.25, 0.3) is 0 Å². The largest absolute Gasteiger partial charge is 0.395 e. The van der Waals surface area contributed by atoms with E-state index in [-0.39, 0.29) is 12.6 Å². The lowest BCUT2D eigenvalue weighted by Crippen LogP contribution is -2.42. The molecular formula is C13H26N2O3. The molecule has 1 atom stereocenters. The van der Waals surface area contributed by atoms with Crippen LogP contribution in [-0.4, -0.2) is 55.0 Å². The predicted octanol–water partition coefficient (Wildman–Crippen LogP) is 1.36. The van der Waals surface area contributed by atoms with Gasteiger partial charge in [-0.05, 0) is 32.1 Å². The lowest BCUT2D eigenvalue weighted by Gasteiger charge is -2.24. The van der Waals surface area contributed by atoms with Crippen LogP contribution >= 0.6 is 0 Å². The number of amides is 2. The minimum atomic E-state index is -0.0818. The van der Waals surface area contributed by atoms with Gasteiger partial charge in [0.25, 0.3) is 0 Å². The minimum absolute atomic E-state index is 0.0131. The number of nitrogens with one attached hydrogen (secondary N) is 1. The summed E-state index contributed by atoms with van der Waals surface area (Å²) >= 11 is 0. The van der Waals surface area contributed by atoms with Crippen molar-refractivity contribution in [2.75, 3.05) is 32.8 Å². The molecule has 1 rings (SSSR count). The normalized spacial score (nSPS) is 19.6. The monoisotopic (exact) mass is 258 g/mol. The summed E-state index contributed by atoms with van der Waals surface area (Å²) in [5.74, 6) is 0. The Hall–Kier alpha value is -0.810. The van der Waals surface area contributed by atoms with Gasteiger partial charge in [0.2, 0.25) is 0 Å². The molecular weight excluding hydrogens is 232 g/mol. The molecule has 0 aliphatic carbocycles. The van der Waals surface area contributed by atoms with E-state index >= 15 is 0 Å². The molecule has 1 saturated heterocycles. The van der Waals surface area contributed by atoms with Gasteiger partial charge in [0, 0.05) is 26.2 Å². The number of hydrogen-bond acceptors (Lipinski definition) is 3. The number of rotatable bonds is 7. The van der Waals surface area contributed by atoms with Gasteiger partial charge in [0.1, 0.15) is 0 Å². The first-order chi connectivity index (χ1) is 8.77. The molecule has 1 heterocycles. The number of urea groups is 1. The third kappa shape index (κ3) is 5.69. The fraction of sp³-hybridized carbons (Fsp3) is 0.923. The number of carbonyl (C=O) groups is 1. The molecule has 0 radical (unpaired) electrons. The van der Waals surface area contributed by atoms with Crippen molar-refractivity contribution in [2.45, 2.75) is 45.1 Å². The second-order valence-corrected chi connectivity index (χ2v) is 4.72. The van der Waals surface area contributed by atoms with Gasteiger partial charge in [0.05, 0.1) is 12.7 Å². The molecule has 18 heavy (non-hydrogen) atoms. The summed E-state index contributed by atoms with van der Waals surface area (Å²) in [5, 5.41) is 11.8. The Morgan fingerprint density at radius 3 is 2.89 bits per heavy atom. The second-order valence-electron chi connectivity index (χ2n) is 4.72. The number of nitrogens with zero attached hydrogens (tertiary/aromatic N) is 1. The van der Waals surface area contributed by atoms with Crippen LogP contribution in [0.3, 0.4) is 0 Å². The van der Waals surface area contributed by atoms with Gasteiger partial charge in [-0.3, -0.25) is 0 Å². The van der Waals surface area contributed by atoms with Crippen molar-refractivity contribution >= 4 is 6.03 Å². The predicted molar refractivity (Wildman–Crippen MR) is 70.6 cm³/mol. The van der Waals surface area contributed by atoms with Crippen LogP contribution in [0, 0.1) is 0 Å². The third-order valence-electron chi connectivity index (χ3n) is 3.17. The van der Waals surface area contributed by atoms with Crippen LogP contribution in [0.4, 0.5) is 4.79 Å². The van der Waals surface area contributed by atoms with E-state index in [0.29, 0.717) is 25.7 Å². The summed E-state index contributed by atoms with van der Waals surface area (Å²) in [6.07, 6.45) is 5.57. The Kier molecular flexibility index (Phi) is 7.76. The number of carbonyl (C=O) groups excluding carboxylic acids is 1. The highest BCUT2D eigenvalue weighted by Crippen LogP contribution is 2.14. The number of aliphatic hydroxyl groups is 1. The van der Waals surface area contributed by atoms with E-state index in [0.717, 1.165) is 32.3 Å². The fourth-order valence-corrected chi connectivity index (χ4v) is 2.19. The molecule has 0 bridgehead atoms. The molecule has 1 unspecified atom stereocenters. The van der Waals surface area contributed by atoms with E-state index in [1.54, 1.807) is 4.90 Å². The van der Waals surface area contributed by atoms with Crippen molar-refractivity contribution in [3.8, 4) is 0 Å². The molecule has 1 aliphatic rings. The summed E-state index contributed by atoms with van der Waals surface area (Å²) in [6, 6.07) is -0.0818. The minimum Gasteiger partial charge on any atom is -0.395 e. The maximum absolute atomic E-state index is 11.8. The first kappa shape index (κ1) is 15.2. The molecule has 106 valence electrons. The zero-order valence-electron chi connectivity index (χ0n) is 11.4. The molecule has 0 aromatic carbocycles. The Morgan fingerprint density at radius 2 is 2.28 bits per heavy atom. The molecule has 0 saturated carbocycles. The van der Waals surface area contributed by atoms with Crippen LogP contribution < -0.4 is 5.32 Å². The molecule has 1 aliphatic heterocycles. The van der Waals surface area contributed by atoms with E-state index in [9.17, 15) is 4.79 Å². The van der Waals surface area contributed by atoms with Gasteiger partial charge in [-0.15, -0.1) is 0 Å². The fourth-order valence-electron chi connectivity index (χ4n) is 2.19. The van der Waals surface area contributed by atoms with Gasteiger partial charge in [-0.1, -0.05) is 6.92 Å². The highest BCUT2D eigenvalue weighted by atomic mass is 16.5. The van der Waals surface area contributed by atoms with Gasteiger partial charge in [0.15, 0.2) is 0 Å². The van der Waals surface area contributed by atoms with Crippen molar-refractivity contribution in [3.63, 3.8) is 0 Å². The quantitative estimate of drug-likeness (QED) is 0.725. The second kappa shape index (κ2) is 9.16. The van der Waals surface area contributed by atoms with Crippen molar-refractivity contribution in [1.82, 2.24) is 10.2 Å². The smallest absolute Gasteiger partial charge is 0.317 e. The van der Waals surface area contributed by atoms with Gasteiger partial charge < -0.3 is 20.1 Å². The molecule has 5 heteroatoms. The maximum Gasteiger partial charge on any atom is 0.317 e. The van der Waals surface area contributed by atoms with Crippen LogP contribution in [0.1, 0.15) is 39.0 Å². The van der Waals surface area contributed by atoms with Crippen molar-refractivity contribution in [2.24, 2.45) is 0 Å². The van der Waals surface area contributed by atoms with Crippen LogP contribution in [0.5, 0.6) is 0 Å². The topological polar surface area (TPSA) is 61.8 Å². The summed E-state index contributed by atoms with van der Waals surface area (Å²) < 4.78 is 5.61. The standard InChI is InChI=1S/C13H26N2O3/c1-2-8-15(9-10-16)13(17)14-7-6-12-5-3-4-11-18-12/h12,16H,2-11H2,1H3,(H,14,17). The average molecular weight is 258 g/mol. The van der Waals surface area contributed by atoms with E-state index in [4.69, 9.17) is 9.84 Å². The van der Waals surface area contributed by atoms with E-state index in [1.807, 2.05) is 6.92 Å². The van der Waals surface area contributed by atoms with E-state index in [1.165, 1.54) is 6.42 Å². The lowest BCUT2D eigenvalue weighted by atomic mass is 10.1. The first-order valence-corrected chi connectivity index (χ1v) is 7.03. The van der Waals surface area contributed by atoms with Crippen molar-refractivity contribution in [3.05, 3.63) is 0 Å². The van der Waals surface area contributed by atoms with Gasteiger partial charge >= 0.3 is 6.03 Å². The summed E-state index contributed by atoms with van der Waals surface area (Å²) in [7, 11) is 0. The SMILES string of the molecule is CCCN(CCO)C(=O)NCCC1CCCCO1. The lowest BCUT2D eigenvalue weighted by molar-refractivity contribution is 0.0118. The molecule has 0 aromatic heterocycles. The Bertz CT molecular complexity index is 224. The Morgan fingerprint density at radius 1 is 1.44 bits per heavy atom. The molecule has 2 amide bonds.